The molecule has 0 fully saturated rings. The van der Waals surface area contributed by atoms with Crippen molar-refractivity contribution in [1.29, 1.82) is 0 Å². The molecule has 34 heavy (non-hydrogen) atoms. The van der Waals surface area contributed by atoms with Crippen LogP contribution in [0.15, 0.2) is 58.1 Å². The van der Waals surface area contributed by atoms with Crippen molar-refractivity contribution in [3.63, 3.8) is 0 Å². The lowest BCUT2D eigenvalue weighted by atomic mass is 10.2. The molecule has 0 spiro atoms. The summed E-state index contributed by atoms with van der Waals surface area (Å²) < 4.78 is 15.6. The van der Waals surface area contributed by atoms with Gasteiger partial charge in [-0.1, -0.05) is 35.9 Å². The van der Waals surface area contributed by atoms with Crippen molar-refractivity contribution in [2.45, 2.75) is 20.0 Å². The highest BCUT2D eigenvalue weighted by Gasteiger charge is 2.21. The van der Waals surface area contributed by atoms with Gasteiger partial charge in [0.1, 0.15) is 19.0 Å². The summed E-state index contributed by atoms with van der Waals surface area (Å²) in [6, 6.07) is 15.1. The van der Waals surface area contributed by atoms with Gasteiger partial charge in [-0.2, -0.15) is 4.98 Å². The Morgan fingerprint density at radius 2 is 1.76 bits per heavy atom. The third-order valence-electron chi connectivity index (χ3n) is 5.35. The van der Waals surface area contributed by atoms with E-state index in [-0.39, 0.29) is 50.1 Å². The Morgan fingerprint density at radius 3 is 2.47 bits per heavy atom. The summed E-state index contributed by atoms with van der Waals surface area (Å²) in [4.78, 5) is 30.3. The van der Waals surface area contributed by atoms with E-state index in [0.29, 0.717) is 5.02 Å². The summed E-state index contributed by atoms with van der Waals surface area (Å²) in [6.07, 6.45) is 0. The van der Waals surface area contributed by atoms with Crippen molar-refractivity contribution in [1.82, 2.24) is 18.7 Å². The van der Waals surface area contributed by atoms with E-state index in [4.69, 9.17) is 21.1 Å². The van der Waals surface area contributed by atoms with E-state index in [1.165, 1.54) is 11.6 Å². The number of halogens is 1. The number of nitrogens with zero attached hydrogens (tertiary/aromatic N) is 4. The minimum Gasteiger partial charge on any atom is -0.490 e. The van der Waals surface area contributed by atoms with Gasteiger partial charge in [-0.15, -0.1) is 0 Å². The van der Waals surface area contributed by atoms with E-state index < -0.39 is 11.2 Å². The zero-order chi connectivity index (χ0) is 24.2. The predicted octanol–water partition coefficient (Wildman–Crippen LogP) is 2.36. The van der Waals surface area contributed by atoms with Crippen molar-refractivity contribution < 1.29 is 14.6 Å². The van der Waals surface area contributed by atoms with Crippen LogP contribution in [0.25, 0.3) is 11.2 Å². The molecule has 0 aliphatic carbocycles. The van der Waals surface area contributed by atoms with Crippen LogP contribution in [0.3, 0.4) is 0 Å². The van der Waals surface area contributed by atoms with E-state index in [0.717, 1.165) is 21.4 Å². The number of fused-ring (bicyclic) bond motifs is 1. The Bertz CT molecular complexity index is 1420. The Hall–Kier alpha value is -3.56. The molecule has 2 heterocycles. The summed E-state index contributed by atoms with van der Waals surface area (Å²) in [5, 5.41) is 9.93. The van der Waals surface area contributed by atoms with Crippen molar-refractivity contribution in [2.75, 3.05) is 19.8 Å². The van der Waals surface area contributed by atoms with E-state index in [1.54, 1.807) is 16.7 Å². The highest BCUT2D eigenvalue weighted by atomic mass is 35.5. The third kappa shape index (κ3) is 4.85. The van der Waals surface area contributed by atoms with Crippen molar-refractivity contribution in [3.8, 4) is 11.8 Å². The SMILES string of the molecule is Cc1cccc(OCCOc2nc3c(c(=O)n(CCO)c(=O)n3C)n2Cc2ccc(Cl)cc2)c1. The molecule has 4 aromatic rings. The number of aryl methyl sites for hydroxylation is 2. The van der Waals surface area contributed by atoms with Gasteiger partial charge < -0.3 is 14.6 Å². The second-order valence-corrected chi connectivity index (χ2v) is 8.25. The van der Waals surface area contributed by atoms with Crippen LogP contribution in [0.5, 0.6) is 11.8 Å². The molecule has 0 amide bonds. The number of rotatable bonds is 9. The standard InChI is InChI=1S/C24H25ClN4O5/c1-16-4-3-5-19(14-16)33-12-13-34-23-26-21-20(22(31)28(10-11-30)24(32)27(21)2)29(23)15-17-6-8-18(25)9-7-17/h3-9,14,30H,10-13,15H2,1-2H3. The first-order chi connectivity index (χ1) is 16.4. The minimum atomic E-state index is -0.558. The molecule has 0 aliphatic heterocycles. The summed E-state index contributed by atoms with van der Waals surface area (Å²) >= 11 is 6.01. The van der Waals surface area contributed by atoms with E-state index in [1.807, 2.05) is 43.3 Å². The molecule has 0 saturated heterocycles. The first kappa shape index (κ1) is 23.6. The topological polar surface area (TPSA) is 101 Å². The molecule has 178 valence electrons. The third-order valence-corrected chi connectivity index (χ3v) is 5.60. The molecule has 0 atom stereocenters. The summed E-state index contributed by atoms with van der Waals surface area (Å²) in [6.45, 7) is 2.24. The number of imidazole rings is 1. The molecule has 0 bridgehead atoms. The maximum Gasteiger partial charge on any atom is 0.332 e. The first-order valence-corrected chi connectivity index (χ1v) is 11.1. The average Bonchev–Trinajstić information content (AvgIpc) is 3.18. The fourth-order valence-corrected chi connectivity index (χ4v) is 3.80. The molecular weight excluding hydrogens is 460 g/mol. The van der Waals surface area contributed by atoms with Gasteiger partial charge in [0.2, 0.25) is 0 Å². The lowest BCUT2D eigenvalue weighted by Crippen LogP contribution is -2.40. The van der Waals surface area contributed by atoms with Crippen LogP contribution >= 0.6 is 11.6 Å². The zero-order valence-corrected chi connectivity index (χ0v) is 19.7. The van der Waals surface area contributed by atoms with Crippen LogP contribution in [-0.4, -0.2) is 43.6 Å². The summed E-state index contributed by atoms with van der Waals surface area (Å²) in [5.74, 6) is 0.729. The molecule has 10 heteroatoms. The first-order valence-electron chi connectivity index (χ1n) is 10.8. The number of hydrogen-bond donors (Lipinski definition) is 1. The molecule has 0 unspecified atom stereocenters. The van der Waals surface area contributed by atoms with Gasteiger partial charge in [0.15, 0.2) is 11.2 Å². The number of aromatic nitrogens is 4. The number of ether oxygens (including phenoxy) is 2. The maximum atomic E-state index is 13.2. The molecule has 1 N–H and O–H groups in total. The predicted molar refractivity (Wildman–Crippen MR) is 129 cm³/mol. The molecule has 0 radical (unpaired) electrons. The lowest BCUT2D eigenvalue weighted by molar-refractivity contribution is 0.201. The lowest BCUT2D eigenvalue weighted by Gasteiger charge is -2.12. The Labute approximate surface area is 200 Å². The monoisotopic (exact) mass is 484 g/mol. The molecule has 2 aromatic carbocycles. The molecular formula is C24H25ClN4O5. The number of hydrogen-bond acceptors (Lipinski definition) is 6. The van der Waals surface area contributed by atoms with E-state index in [2.05, 4.69) is 4.98 Å². The van der Waals surface area contributed by atoms with Crippen LogP contribution in [-0.2, 0) is 20.1 Å². The number of benzene rings is 2. The van der Waals surface area contributed by atoms with Gasteiger partial charge >= 0.3 is 5.69 Å². The zero-order valence-electron chi connectivity index (χ0n) is 18.9. The largest absolute Gasteiger partial charge is 0.490 e. The minimum absolute atomic E-state index is 0.117. The Balaban J connectivity index is 1.69. The van der Waals surface area contributed by atoms with Gasteiger partial charge in [0.05, 0.1) is 19.7 Å². The van der Waals surface area contributed by atoms with E-state index in [9.17, 15) is 14.7 Å². The van der Waals surface area contributed by atoms with Crippen molar-refractivity contribution >= 4 is 22.8 Å². The quantitative estimate of drug-likeness (QED) is 0.366. The number of aliphatic hydroxyl groups excluding tert-OH is 1. The van der Waals surface area contributed by atoms with Crippen molar-refractivity contribution in [2.24, 2.45) is 7.05 Å². The van der Waals surface area contributed by atoms with Gasteiger partial charge in [-0.3, -0.25) is 18.5 Å². The second kappa shape index (κ2) is 10.1. The molecule has 4 rings (SSSR count). The number of aliphatic hydroxyl groups is 1. The Morgan fingerprint density at radius 1 is 1.03 bits per heavy atom. The molecule has 0 aliphatic rings. The normalized spacial score (nSPS) is 11.2. The van der Waals surface area contributed by atoms with Crippen LogP contribution in [0.1, 0.15) is 11.1 Å². The van der Waals surface area contributed by atoms with Gasteiger partial charge in [0, 0.05) is 12.1 Å². The van der Waals surface area contributed by atoms with Crippen LogP contribution in [0.4, 0.5) is 0 Å². The fourth-order valence-electron chi connectivity index (χ4n) is 3.68. The van der Waals surface area contributed by atoms with Crippen LogP contribution < -0.4 is 20.7 Å². The Kier molecular flexibility index (Phi) is 7.04. The van der Waals surface area contributed by atoms with E-state index >= 15 is 0 Å². The highest BCUT2D eigenvalue weighted by Crippen LogP contribution is 2.21. The maximum absolute atomic E-state index is 13.2. The summed E-state index contributed by atoms with van der Waals surface area (Å²) in [5.41, 5.74) is 1.26. The van der Waals surface area contributed by atoms with Crippen LogP contribution in [0.2, 0.25) is 5.02 Å². The van der Waals surface area contributed by atoms with Gasteiger partial charge in [-0.25, -0.2) is 4.79 Å². The molecule has 0 saturated carbocycles. The second-order valence-electron chi connectivity index (χ2n) is 7.81. The molecule has 9 nitrogen and oxygen atoms in total. The average molecular weight is 485 g/mol. The smallest absolute Gasteiger partial charge is 0.332 e. The highest BCUT2D eigenvalue weighted by molar-refractivity contribution is 6.30. The summed E-state index contributed by atoms with van der Waals surface area (Å²) in [7, 11) is 1.53. The van der Waals surface area contributed by atoms with Crippen molar-refractivity contribution in [3.05, 3.63) is 85.5 Å². The fraction of sp³-hybridized carbons (Fsp3) is 0.292. The van der Waals surface area contributed by atoms with Gasteiger partial charge in [0.25, 0.3) is 11.6 Å². The molecule has 2 aromatic heterocycles. The van der Waals surface area contributed by atoms with Crippen LogP contribution in [0, 0.1) is 6.92 Å². The van der Waals surface area contributed by atoms with Gasteiger partial charge in [-0.05, 0) is 42.3 Å².